The Morgan fingerprint density at radius 3 is 2.47 bits per heavy atom. The van der Waals surface area contributed by atoms with Crippen LogP contribution in [-0.2, 0) is 6.42 Å². The molecule has 6 heteroatoms. The fourth-order valence-corrected chi connectivity index (χ4v) is 3.76. The molecule has 0 fully saturated rings. The maximum absolute atomic E-state index is 12.2. The van der Waals surface area contributed by atoms with Crippen molar-refractivity contribution >= 4 is 28.2 Å². The molecule has 0 saturated heterocycles. The summed E-state index contributed by atoms with van der Waals surface area (Å²) in [6, 6.07) is 25.6. The third-order valence-electron chi connectivity index (χ3n) is 4.55. The molecule has 0 spiro atoms. The number of hydrogen-bond donors (Lipinski definition) is 2. The summed E-state index contributed by atoms with van der Waals surface area (Å²) in [6.07, 6.45) is 0.898. The lowest BCUT2D eigenvalue weighted by atomic mass is 10.0. The number of thiazole rings is 1. The van der Waals surface area contributed by atoms with E-state index in [4.69, 9.17) is 4.74 Å². The molecule has 0 aliphatic rings. The number of rotatable bonds is 6. The van der Waals surface area contributed by atoms with Gasteiger partial charge in [-0.05, 0) is 29.7 Å². The van der Waals surface area contributed by atoms with E-state index in [0.717, 1.165) is 17.7 Å². The van der Waals surface area contributed by atoms with Gasteiger partial charge in [0.15, 0.2) is 5.13 Å². The summed E-state index contributed by atoms with van der Waals surface area (Å²) < 4.78 is 5.17. The fourth-order valence-electron chi connectivity index (χ4n) is 3.05. The van der Waals surface area contributed by atoms with Gasteiger partial charge in [-0.3, -0.25) is 5.32 Å². The first-order valence-electron chi connectivity index (χ1n) is 9.50. The average molecular weight is 416 g/mol. The van der Waals surface area contributed by atoms with Gasteiger partial charge in [0, 0.05) is 22.7 Å². The molecule has 3 aromatic carbocycles. The van der Waals surface area contributed by atoms with E-state index in [-0.39, 0.29) is 6.03 Å². The molecule has 2 N–H and O–H groups in total. The fraction of sp³-hybridized carbons (Fsp3) is 0.0833. The third-order valence-corrected chi connectivity index (χ3v) is 5.31. The molecule has 4 rings (SSSR count). The van der Waals surface area contributed by atoms with E-state index in [1.165, 1.54) is 22.5 Å². The smallest absolute Gasteiger partial charge is 0.325 e. The lowest BCUT2D eigenvalue weighted by Gasteiger charge is -2.07. The van der Waals surface area contributed by atoms with E-state index < -0.39 is 0 Å². The van der Waals surface area contributed by atoms with Crippen molar-refractivity contribution in [2.45, 2.75) is 6.42 Å². The number of aromatic nitrogens is 1. The first kappa shape index (κ1) is 19.7. The molecule has 2 amide bonds. The zero-order valence-electron chi connectivity index (χ0n) is 16.5. The van der Waals surface area contributed by atoms with Gasteiger partial charge in [0.2, 0.25) is 0 Å². The third kappa shape index (κ3) is 5.04. The first-order chi connectivity index (χ1) is 14.7. The number of amides is 2. The van der Waals surface area contributed by atoms with Crippen LogP contribution in [0.1, 0.15) is 11.1 Å². The van der Waals surface area contributed by atoms with Crippen LogP contribution in [0.5, 0.6) is 5.75 Å². The quantitative estimate of drug-likeness (QED) is 0.403. The Morgan fingerprint density at radius 2 is 1.70 bits per heavy atom. The van der Waals surface area contributed by atoms with E-state index in [9.17, 15) is 4.79 Å². The summed E-state index contributed by atoms with van der Waals surface area (Å²) in [6.45, 7) is 0. The molecule has 0 bridgehead atoms. The zero-order valence-corrected chi connectivity index (χ0v) is 17.3. The van der Waals surface area contributed by atoms with Crippen molar-refractivity contribution in [2.75, 3.05) is 17.7 Å². The molecule has 0 atom stereocenters. The van der Waals surface area contributed by atoms with Crippen molar-refractivity contribution in [3.8, 4) is 17.0 Å². The van der Waals surface area contributed by atoms with E-state index in [1.807, 2.05) is 23.6 Å². The van der Waals surface area contributed by atoms with Crippen molar-refractivity contribution < 1.29 is 9.53 Å². The summed E-state index contributed by atoms with van der Waals surface area (Å²) in [5, 5.41) is 8.04. The minimum atomic E-state index is -0.345. The number of nitrogens with one attached hydrogen (secondary N) is 2. The van der Waals surface area contributed by atoms with Crippen LogP contribution in [0.3, 0.4) is 0 Å². The topological polar surface area (TPSA) is 63.2 Å². The number of nitrogens with zero attached hydrogens (tertiary/aromatic N) is 1. The minimum absolute atomic E-state index is 0.345. The summed E-state index contributed by atoms with van der Waals surface area (Å²) >= 11 is 1.39. The molecular formula is C24H21N3O2S. The predicted molar refractivity (Wildman–Crippen MR) is 122 cm³/mol. The van der Waals surface area contributed by atoms with Crippen molar-refractivity contribution in [1.29, 1.82) is 0 Å². The highest BCUT2D eigenvalue weighted by Crippen LogP contribution is 2.26. The molecule has 0 radical (unpaired) electrons. The molecule has 0 unspecified atom stereocenters. The Balaban J connectivity index is 1.38. The van der Waals surface area contributed by atoms with Crippen LogP contribution in [0.4, 0.5) is 15.6 Å². The van der Waals surface area contributed by atoms with E-state index in [1.54, 1.807) is 19.2 Å². The lowest BCUT2D eigenvalue weighted by molar-refractivity contribution is 0.262. The van der Waals surface area contributed by atoms with Crippen LogP contribution in [0, 0.1) is 0 Å². The second-order valence-corrected chi connectivity index (χ2v) is 7.57. The summed E-state index contributed by atoms with van der Waals surface area (Å²) in [7, 11) is 1.59. The number of carbonyl (C=O) groups excluding carboxylic acids is 1. The molecular weight excluding hydrogens is 394 g/mol. The van der Waals surface area contributed by atoms with Gasteiger partial charge in [-0.15, -0.1) is 11.3 Å². The van der Waals surface area contributed by atoms with Gasteiger partial charge in [0.25, 0.3) is 0 Å². The first-order valence-corrected chi connectivity index (χ1v) is 10.4. The Labute approximate surface area is 179 Å². The molecule has 30 heavy (non-hydrogen) atoms. The number of urea groups is 1. The standard InChI is InChI=1S/C24H21N3O2S/c1-29-21-9-5-8-20(15-21)25-23(28)27-24-26-22(16-30-24)19-12-10-18(11-13-19)14-17-6-3-2-4-7-17/h2-13,15-16H,14H2,1H3,(H2,25,26,27,28). The van der Waals surface area contributed by atoms with Crippen molar-refractivity contribution in [1.82, 2.24) is 4.98 Å². The maximum atomic E-state index is 12.2. The SMILES string of the molecule is COc1cccc(NC(=O)Nc2nc(-c3ccc(Cc4ccccc4)cc3)cs2)c1. The Morgan fingerprint density at radius 1 is 0.933 bits per heavy atom. The van der Waals surface area contributed by atoms with Crippen LogP contribution in [0.2, 0.25) is 0 Å². The van der Waals surface area contributed by atoms with Crippen LogP contribution in [0.15, 0.2) is 84.2 Å². The van der Waals surface area contributed by atoms with Gasteiger partial charge < -0.3 is 10.1 Å². The van der Waals surface area contributed by atoms with Crippen molar-refractivity contribution in [2.24, 2.45) is 0 Å². The molecule has 1 aromatic heterocycles. The van der Waals surface area contributed by atoms with E-state index >= 15 is 0 Å². The highest BCUT2D eigenvalue weighted by atomic mass is 32.1. The van der Waals surface area contributed by atoms with Gasteiger partial charge in [-0.1, -0.05) is 60.7 Å². The molecule has 1 heterocycles. The molecule has 0 saturated carbocycles. The largest absolute Gasteiger partial charge is 0.497 e. The van der Waals surface area contributed by atoms with Gasteiger partial charge in [-0.2, -0.15) is 0 Å². The Bertz CT molecular complexity index is 1120. The number of methoxy groups -OCH3 is 1. The normalized spacial score (nSPS) is 10.4. The predicted octanol–water partition coefficient (Wildman–Crippen LogP) is 6.05. The molecule has 5 nitrogen and oxygen atoms in total. The van der Waals surface area contributed by atoms with E-state index in [2.05, 4.69) is 64.1 Å². The lowest BCUT2D eigenvalue weighted by Crippen LogP contribution is -2.19. The zero-order chi connectivity index (χ0) is 20.8. The van der Waals surface area contributed by atoms with Crippen LogP contribution in [-0.4, -0.2) is 18.1 Å². The van der Waals surface area contributed by atoms with Gasteiger partial charge in [-0.25, -0.2) is 9.78 Å². The minimum Gasteiger partial charge on any atom is -0.497 e. The summed E-state index contributed by atoms with van der Waals surface area (Å²) in [5.74, 6) is 0.681. The molecule has 4 aromatic rings. The van der Waals surface area contributed by atoms with Crippen LogP contribution >= 0.6 is 11.3 Å². The van der Waals surface area contributed by atoms with Gasteiger partial charge in [0.1, 0.15) is 5.75 Å². The second kappa shape index (κ2) is 9.24. The Hall–Kier alpha value is -3.64. The average Bonchev–Trinajstić information content (AvgIpc) is 3.23. The number of ether oxygens (including phenoxy) is 1. The van der Waals surface area contributed by atoms with Crippen LogP contribution < -0.4 is 15.4 Å². The number of hydrogen-bond acceptors (Lipinski definition) is 4. The Kier molecular flexibility index (Phi) is 6.06. The highest BCUT2D eigenvalue weighted by molar-refractivity contribution is 7.14. The number of anilines is 2. The monoisotopic (exact) mass is 415 g/mol. The van der Waals surface area contributed by atoms with Gasteiger partial charge in [0.05, 0.1) is 12.8 Å². The summed E-state index contributed by atoms with van der Waals surface area (Å²) in [4.78, 5) is 16.8. The summed E-state index contributed by atoms with van der Waals surface area (Å²) in [5.41, 5.74) is 5.04. The van der Waals surface area contributed by atoms with Crippen molar-refractivity contribution in [3.05, 3.63) is 95.4 Å². The van der Waals surface area contributed by atoms with Gasteiger partial charge >= 0.3 is 6.03 Å². The number of benzene rings is 3. The molecule has 0 aliphatic carbocycles. The van der Waals surface area contributed by atoms with E-state index in [0.29, 0.717) is 16.6 Å². The highest BCUT2D eigenvalue weighted by Gasteiger charge is 2.09. The van der Waals surface area contributed by atoms with Crippen LogP contribution in [0.25, 0.3) is 11.3 Å². The number of carbonyl (C=O) groups is 1. The van der Waals surface area contributed by atoms with Crippen molar-refractivity contribution in [3.63, 3.8) is 0 Å². The molecule has 150 valence electrons. The second-order valence-electron chi connectivity index (χ2n) is 6.71. The maximum Gasteiger partial charge on any atom is 0.325 e. The molecule has 0 aliphatic heterocycles.